The minimum absolute atomic E-state index is 0.115. The van der Waals surface area contributed by atoms with Gasteiger partial charge in [0.05, 0.1) is 0 Å². The topological polar surface area (TPSA) is 66.8 Å². The highest BCUT2D eigenvalue weighted by Gasteiger charge is 2.53. The van der Waals surface area contributed by atoms with E-state index in [1.165, 1.54) is 0 Å². The Morgan fingerprint density at radius 3 is 2.55 bits per heavy atom. The Balaban J connectivity index is 2.39. The van der Waals surface area contributed by atoms with E-state index in [-0.39, 0.29) is 12.4 Å². The second-order valence-corrected chi connectivity index (χ2v) is 2.90. The summed E-state index contributed by atoms with van der Waals surface area (Å²) in [4.78, 5) is 10.7. The van der Waals surface area contributed by atoms with Crippen molar-refractivity contribution in [1.29, 1.82) is 0 Å². The molecule has 0 amide bonds. The number of Topliss-reactive ketones (excluding diaryl/α,β-unsaturated/α-hetero) is 1. The van der Waals surface area contributed by atoms with Crippen molar-refractivity contribution < 1.29 is 19.7 Å². The molecule has 1 fully saturated rings. The smallest absolute Gasteiger partial charge is 0.226 e. The van der Waals surface area contributed by atoms with Crippen LogP contribution in [0.2, 0.25) is 0 Å². The molecule has 1 aliphatic carbocycles. The number of hydrogen-bond acceptors (Lipinski definition) is 4. The van der Waals surface area contributed by atoms with Crippen LogP contribution in [-0.4, -0.2) is 28.2 Å². The Bertz CT molecular complexity index is 249. The van der Waals surface area contributed by atoms with E-state index in [4.69, 9.17) is 9.84 Å². The summed E-state index contributed by atoms with van der Waals surface area (Å²) in [5, 5.41) is 18.2. The molecule has 4 heteroatoms. The summed E-state index contributed by atoms with van der Waals surface area (Å²) in [5.74, 6) is -1.34. The van der Waals surface area contributed by atoms with Crippen LogP contribution >= 0.6 is 0 Å². The largest absolute Gasteiger partial charge is 0.506 e. The molecular weight excluding hydrogens is 148 g/mol. The molecule has 1 saturated carbocycles. The molecule has 2 rings (SSSR count). The van der Waals surface area contributed by atoms with E-state index in [1.807, 2.05) is 0 Å². The number of ketones is 1. The third-order valence-corrected chi connectivity index (χ3v) is 2.10. The molecule has 0 atom stereocenters. The van der Waals surface area contributed by atoms with E-state index in [9.17, 15) is 9.90 Å². The van der Waals surface area contributed by atoms with Crippen LogP contribution in [0.3, 0.4) is 0 Å². The lowest BCUT2D eigenvalue weighted by atomic mass is 10.1. The van der Waals surface area contributed by atoms with Crippen molar-refractivity contribution in [2.24, 2.45) is 0 Å². The van der Waals surface area contributed by atoms with Gasteiger partial charge >= 0.3 is 0 Å². The number of carbonyl (C=O) groups is 1. The molecule has 0 aromatic carbocycles. The molecule has 60 valence electrons. The van der Waals surface area contributed by atoms with Crippen LogP contribution in [0.1, 0.15) is 12.8 Å². The molecule has 0 bridgehead atoms. The minimum atomic E-state index is -0.696. The van der Waals surface area contributed by atoms with Gasteiger partial charge in [0.25, 0.3) is 0 Å². The van der Waals surface area contributed by atoms with Gasteiger partial charge in [0.1, 0.15) is 12.2 Å². The van der Waals surface area contributed by atoms with Gasteiger partial charge in [0.15, 0.2) is 5.76 Å². The van der Waals surface area contributed by atoms with Crippen LogP contribution in [0, 0.1) is 0 Å². The maximum atomic E-state index is 10.7. The first-order valence-corrected chi connectivity index (χ1v) is 3.45. The second kappa shape index (κ2) is 1.76. The number of aliphatic hydroxyl groups excluding tert-OH is 2. The molecular formula is C7H8O4. The van der Waals surface area contributed by atoms with Crippen molar-refractivity contribution >= 4 is 5.78 Å². The molecule has 1 heterocycles. The van der Waals surface area contributed by atoms with Gasteiger partial charge in [0, 0.05) is 0 Å². The number of hydrogen-bond donors (Lipinski definition) is 2. The summed E-state index contributed by atoms with van der Waals surface area (Å²) in [7, 11) is 0. The zero-order valence-corrected chi connectivity index (χ0v) is 5.83. The van der Waals surface area contributed by atoms with Crippen molar-refractivity contribution in [3.63, 3.8) is 0 Å². The number of aliphatic hydroxyl groups is 2. The van der Waals surface area contributed by atoms with Gasteiger partial charge < -0.3 is 14.9 Å². The summed E-state index contributed by atoms with van der Waals surface area (Å²) in [5.41, 5.74) is -0.696. The molecule has 2 aliphatic rings. The normalized spacial score (nSPS) is 27.8. The molecule has 2 N–H and O–H groups in total. The molecule has 1 aliphatic heterocycles. The molecule has 0 unspecified atom stereocenters. The van der Waals surface area contributed by atoms with Crippen molar-refractivity contribution in [1.82, 2.24) is 0 Å². The first-order chi connectivity index (χ1) is 5.16. The van der Waals surface area contributed by atoms with Crippen molar-refractivity contribution in [2.75, 3.05) is 6.61 Å². The average Bonchev–Trinajstić information content (AvgIpc) is 2.76. The fourth-order valence-electron chi connectivity index (χ4n) is 1.18. The van der Waals surface area contributed by atoms with Gasteiger partial charge in [-0.15, -0.1) is 0 Å². The average molecular weight is 156 g/mol. The van der Waals surface area contributed by atoms with Crippen LogP contribution in [0.4, 0.5) is 0 Å². The summed E-state index contributed by atoms with van der Waals surface area (Å²) in [6.45, 7) is -0.115. The maximum absolute atomic E-state index is 10.7. The van der Waals surface area contributed by atoms with Crippen molar-refractivity contribution in [3.05, 3.63) is 11.5 Å². The minimum Gasteiger partial charge on any atom is -0.506 e. The highest BCUT2D eigenvalue weighted by atomic mass is 16.5. The molecule has 0 aromatic heterocycles. The quantitative estimate of drug-likeness (QED) is 0.534. The fraction of sp³-hybridized carbons (Fsp3) is 0.571. The van der Waals surface area contributed by atoms with Gasteiger partial charge in [-0.2, -0.15) is 0 Å². The highest BCUT2D eigenvalue weighted by Crippen LogP contribution is 2.47. The van der Waals surface area contributed by atoms with E-state index in [2.05, 4.69) is 0 Å². The van der Waals surface area contributed by atoms with Crippen molar-refractivity contribution in [3.8, 4) is 0 Å². The Hall–Kier alpha value is -1.03. The molecule has 0 radical (unpaired) electrons. The standard InChI is InChI=1S/C7H8O4/c8-4-3-11-7(1-2-7)6(10)5(4)9/h9-10H,1-3H2. The van der Waals surface area contributed by atoms with Gasteiger partial charge in [0.2, 0.25) is 11.5 Å². The van der Waals surface area contributed by atoms with E-state index < -0.39 is 17.1 Å². The summed E-state index contributed by atoms with van der Waals surface area (Å²) in [6, 6.07) is 0. The van der Waals surface area contributed by atoms with Gasteiger partial charge in [-0.25, -0.2) is 0 Å². The molecule has 0 aromatic rings. The van der Waals surface area contributed by atoms with Crippen LogP contribution in [0.5, 0.6) is 0 Å². The van der Waals surface area contributed by atoms with E-state index >= 15 is 0 Å². The second-order valence-electron chi connectivity index (χ2n) is 2.90. The number of carbonyl (C=O) groups excluding carboxylic acids is 1. The first kappa shape index (κ1) is 6.67. The Morgan fingerprint density at radius 2 is 2.00 bits per heavy atom. The lowest BCUT2D eigenvalue weighted by Crippen LogP contribution is -2.31. The third-order valence-electron chi connectivity index (χ3n) is 2.10. The van der Waals surface area contributed by atoms with Gasteiger partial charge in [-0.3, -0.25) is 4.79 Å². The van der Waals surface area contributed by atoms with Crippen LogP contribution < -0.4 is 0 Å². The maximum Gasteiger partial charge on any atom is 0.226 e. The zero-order chi connectivity index (χ0) is 8.06. The summed E-state index contributed by atoms with van der Waals surface area (Å²) >= 11 is 0. The molecule has 0 saturated heterocycles. The predicted octanol–water partition coefficient (Wildman–Crippen LogP) is 0.446. The highest BCUT2D eigenvalue weighted by molar-refractivity contribution is 5.95. The van der Waals surface area contributed by atoms with E-state index in [0.29, 0.717) is 12.8 Å². The van der Waals surface area contributed by atoms with E-state index in [1.54, 1.807) is 0 Å². The number of rotatable bonds is 0. The lowest BCUT2D eigenvalue weighted by molar-refractivity contribution is -0.129. The fourth-order valence-corrected chi connectivity index (χ4v) is 1.18. The Kier molecular flexibility index (Phi) is 1.07. The first-order valence-electron chi connectivity index (χ1n) is 3.45. The Labute approximate surface area is 63.1 Å². The van der Waals surface area contributed by atoms with E-state index in [0.717, 1.165) is 0 Å². The summed E-state index contributed by atoms with van der Waals surface area (Å²) < 4.78 is 5.05. The van der Waals surface area contributed by atoms with Crippen LogP contribution in [0.25, 0.3) is 0 Å². The van der Waals surface area contributed by atoms with Crippen LogP contribution in [-0.2, 0) is 9.53 Å². The third kappa shape index (κ3) is 0.758. The number of ether oxygens (including phenoxy) is 1. The monoisotopic (exact) mass is 156 g/mol. The van der Waals surface area contributed by atoms with Crippen molar-refractivity contribution in [2.45, 2.75) is 18.4 Å². The Morgan fingerprint density at radius 1 is 1.36 bits per heavy atom. The SMILES string of the molecule is O=C1COC2(CC2)C(O)=C1O. The molecule has 4 nitrogen and oxygen atoms in total. The predicted molar refractivity (Wildman–Crippen MR) is 35.2 cm³/mol. The molecule has 1 spiro atoms. The zero-order valence-electron chi connectivity index (χ0n) is 5.83. The van der Waals surface area contributed by atoms with Gasteiger partial charge in [-0.05, 0) is 12.8 Å². The van der Waals surface area contributed by atoms with Gasteiger partial charge in [-0.1, -0.05) is 0 Å². The lowest BCUT2D eigenvalue weighted by Gasteiger charge is -2.20. The molecule has 11 heavy (non-hydrogen) atoms. The van der Waals surface area contributed by atoms with Crippen LogP contribution in [0.15, 0.2) is 11.5 Å². The summed E-state index contributed by atoms with van der Waals surface area (Å²) in [6.07, 6.45) is 1.38.